The van der Waals surface area contributed by atoms with Crippen molar-refractivity contribution in [3.63, 3.8) is 0 Å². The van der Waals surface area contributed by atoms with Crippen molar-refractivity contribution in [1.82, 2.24) is 14.4 Å². The lowest BCUT2D eigenvalue weighted by Gasteiger charge is -2.32. The van der Waals surface area contributed by atoms with Gasteiger partial charge in [0.1, 0.15) is 11.9 Å². The summed E-state index contributed by atoms with van der Waals surface area (Å²) in [6, 6.07) is -1.05. The lowest BCUT2D eigenvalue weighted by Crippen LogP contribution is -2.62. The number of aliphatic hydroxyl groups is 1. The van der Waals surface area contributed by atoms with E-state index in [0.29, 0.717) is 18.3 Å². The molecule has 1 N–H and O–H groups in total. The molecule has 116 valence electrons. The first kappa shape index (κ1) is 14.5. The highest BCUT2D eigenvalue weighted by atomic mass is 16.3. The number of carbonyl (C=O) groups is 2. The van der Waals surface area contributed by atoms with Crippen molar-refractivity contribution in [2.45, 2.75) is 19.5 Å². The maximum Gasteiger partial charge on any atom is 0.402 e. The Labute approximate surface area is 127 Å². The largest absolute Gasteiger partial charge is 0.402 e. The number of urea groups is 1. The smallest absolute Gasteiger partial charge is 0.393 e. The topological polar surface area (TPSA) is 82.0 Å². The van der Waals surface area contributed by atoms with Crippen LogP contribution in [0.5, 0.6) is 0 Å². The number of aliphatic hydroxyl groups excluding tert-OH is 1. The standard InChI is InChI=1S/C14H18N5O3/c1-4-5-18-12(21)10-11(16(3)14(18)22)15-13-17(6-7-20)9(2)8-19(10)13/h4,8,10,20H,1,5-7H2,2-3H3/q+1. The molecule has 0 saturated carbocycles. The second-order valence-electron chi connectivity index (χ2n) is 5.30. The fraction of sp³-hybridized carbons (Fsp3) is 0.429. The molecular formula is C14H18N5O3+. The van der Waals surface area contributed by atoms with E-state index in [1.165, 1.54) is 11.0 Å². The van der Waals surface area contributed by atoms with E-state index in [9.17, 15) is 14.7 Å². The predicted molar refractivity (Wildman–Crippen MR) is 77.7 cm³/mol. The summed E-state index contributed by atoms with van der Waals surface area (Å²) in [5.41, 5.74) is 0.898. The summed E-state index contributed by atoms with van der Waals surface area (Å²) < 4.78 is 3.58. The van der Waals surface area contributed by atoms with Gasteiger partial charge in [0.2, 0.25) is 11.9 Å². The molecule has 1 fully saturated rings. The quantitative estimate of drug-likeness (QED) is 0.614. The highest BCUT2D eigenvalue weighted by molar-refractivity contribution is 6.19. The van der Waals surface area contributed by atoms with E-state index in [4.69, 9.17) is 0 Å². The summed E-state index contributed by atoms with van der Waals surface area (Å²) in [6.45, 7) is 6.01. The molecule has 1 aromatic rings. The van der Waals surface area contributed by atoms with Crippen LogP contribution in [0.1, 0.15) is 11.7 Å². The van der Waals surface area contributed by atoms with Gasteiger partial charge in [-0.05, 0) is 6.92 Å². The zero-order valence-electron chi connectivity index (χ0n) is 12.6. The summed E-state index contributed by atoms with van der Waals surface area (Å²) >= 11 is 0. The van der Waals surface area contributed by atoms with Crippen LogP contribution in [0.2, 0.25) is 0 Å². The molecule has 1 saturated heterocycles. The van der Waals surface area contributed by atoms with Crippen LogP contribution >= 0.6 is 0 Å². The fourth-order valence-corrected chi connectivity index (χ4v) is 2.90. The number of aliphatic imine (C=N–C) groups is 1. The summed E-state index contributed by atoms with van der Waals surface area (Å²) in [7, 11) is 1.60. The van der Waals surface area contributed by atoms with Crippen molar-refractivity contribution in [2.75, 3.05) is 20.2 Å². The van der Waals surface area contributed by atoms with Crippen molar-refractivity contribution in [3.8, 4) is 0 Å². The second kappa shape index (κ2) is 5.06. The molecule has 1 atom stereocenters. The number of carbonyl (C=O) groups excluding carboxylic acids is 2. The average Bonchev–Trinajstić information content (AvgIpc) is 2.99. The van der Waals surface area contributed by atoms with E-state index in [1.807, 2.05) is 17.7 Å². The number of imidazole rings is 1. The Morgan fingerprint density at radius 1 is 1.50 bits per heavy atom. The zero-order chi connectivity index (χ0) is 16.0. The lowest BCUT2D eigenvalue weighted by atomic mass is 10.1. The number of aryl methyl sites for hydroxylation is 1. The molecule has 2 aliphatic rings. The van der Waals surface area contributed by atoms with Crippen LogP contribution < -0.4 is 4.57 Å². The predicted octanol–water partition coefficient (Wildman–Crippen LogP) is -0.259. The van der Waals surface area contributed by atoms with Gasteiger partial charge in [-0.15, -0.1) is 6.58 Å². The molecule has 8 nitrogen and oxygen atoms in total. The van der Waals surface area contributed by atoms with E-state index < -0.39 is 12.1 Å². The average molecular weight is 304 g/mol. The van der Waals surface area contributed by atoms with Crippen LogP contribution in [-0.4, -0.2) is 57.4 Å². The number of amides is 3. The summed E-state index contributed by atoms with van der Waals surface area (Å²) in [6.07, 6.45) is 3.34. The number of hydrogen-bond donors (Lipinski definition) is 1. The summed E-state index contributed by atoms with van der Waals surface area (Å²) in [4.78, 5) is 31.9. The van der Waals surface area contributed by atoms with Crippen molar-refractivity contribution >= 4 is 23.7 Å². The van der Waals surface area contributed by atoms with Crippen molar-refractivity contribution in [1.29, 1.82) is 0 Å². The van der Waals surface area contributed by atoms with E-state index >= 15 is 0 Å². The third-order valence-corrected chi connectivity index (χ3v) is 3.96. The monoisotopic (exact) mass is 304 g/mol. The van der Waals surface area contributed by atoms with Crippen LogP contribution in [0, 0.1) is 6.92 Å². The Morgan fingerprint density at radius 3 is 2.86 bits per heavy atom. The van der Waals surface area contributed by atoms with Gasteiger partial charge in [0, 0.05) is 13.6 Å². The number of amidine groups is 1. The third-order valence-electron chi connectivity index (χ3n) is 3.96. The molecule has 0 aromatic carbocycles. The molecule has 1 aromatic heterocycles. The Kier molecular flexibility index (Phi) is 3.32. The van der Waals surface area contributed by atoms with E-state index in [1.54, 1.807) is 11.6 Å². The molecule has 3 heterocycles. The molecule has 22 heavy (non-hydrogen) atoms. The van der Waals surface area contributed by atoms with Gasteiger partial charge in [-0.1, -0.05) is 11.1 Å². The van der Waals surface area contributed by atoms with Crippen LogP contribution in [0.4, 0.5) is 10.7 Å². The van der Waals surface area contributed by atoms with Gasteiger partial charge in [0.25, 0.3) is 5.91 Å². The minimum Gasteiger partial charge on any atom is -0.393 e. The number of imide groups is 1. The summed E-state index contributed by atoms with van der Waals surface area (Å²) in [5.74, 6) is 0.670. The minimum absolute atomic E-state index is 0.0245. The number of fused-ring (bicyclic) bond motifs is 3. The van der Waals surface area contributed by atoms with Gasteiger partial charge < -0.3 is 5.11 Å². The Bertz CT molecular complexity index is 706. The molecule has 0 aliphatic carbocycles. The molecule has 3 rings (SSSR count). The van der Waals surface area contributed by atoms with Crippen LogP contribution in [0.25, 0.3) is 0 Å². The zero-order valence-corrected chi connectivity index (χ0v) is 12.6. The van der Waals surface area contributed by atoms with Gasteiger partial charge in [-0.3, -0.25) is 14.6 Å². The highest BCUT2D eigenvalue weighted by Gasteiger charge is 2.52. The first-order valence-corrected chi connectivity index (χ1v) is 7.02. The van der Waals surface area contributed by atoms with E-state index in [0.717, 1.165) is 10.6 Å². The molecule has 2 aliphatic heterocycles. The second-order valence-corrected chi connectivity index (χ2v) is 5.30. The van der Waals surface area contributed by atoms with Crippen molar-refractivity contribution < 1.29 is 19.3 Å². The first-order valence-electron chi connectivity index (χ1n) is 7.02. The molecule has 0 radical (unpaired) electrons. The third kappa shape index (κ3) is 1.80. The Hall–Kier alpha value is -2.48. The first-order chi connectivity index (χ1) is 10.5. The highest BCUT2D eigenvalue weighted by Crippen LogP contribution is 2.28. The van der Waals surface area contributed by atoms with Gasteiger partial charge >= 0.3 is 12.0 Å². The van der Waals surface area contributed by atoms with Gasteiger partial charge in [0.15, 0.2) is 0 Å². The lowest BCUT2D eigenvalue weighted by molar-refractivity contribution is -0.677. The minimum atomic E-state index is -0.642. The maximum atomic E-state index is 12.7. The van der Waals surface area contributed by atoms with Crippen LogP contribution in [0.3, 0.4) is 0 Å². The number of hydrogen-bond acceptors (Lipinski definition) is 4. The Balaban J connectivity index is 2.10. The van der Waals surface area contributed by atoms with E-state index in [2.05, 4.69) is 11.6 Å². The van der Waals surface area contributed by atoms with Crippen LogP contribution in [0.15, 0.2) is 23.8 Å². The van der Waals surface area contributed by atoms with Crippen LogP contribution in [-0.2, 0) is 11.3 Å². The molecule has 0 spiro atoms. The maximum absolute atomic E-state index is 12.7. The van der Waals surface area contributed by atoms with Gasteiger partial charge in [-0.25, -0.2) is 13.9 Å². The normalized spacial score (nSPS) is 20.1. The van der Waals surface area contributed by atoms with Gasteiger partial charge in [0.05, 0.1) is 13.2 Å². The molecule has 3 amide bonds. The number of likely N-dealkylation sites (N-methyl/N-ethyl adjacent to an activating group) is 1. The van der Waals surface area contributed by atoms with Gasteiger partial charge in [-0.2, -0.15) is 0 Å². The Morgan fingerprint density at radius 2 is 2.23 bits per heavy atom. The molecular weight excluding hydrogens is 286 g/mol. The molecule has 1 unspecified atom stereocenters. The van der Waals surface area contributed by atoms with E-state index in [-0.39, 0.29) is 19.1 Å². The fourth-order valence-electron chi connectivity index (χ4n) is 2.90. The van der Waals surface area contributed by atoms with Crippen molar-refractivity contribution in [3.05, 3.63) is 24.5 Å². The number of nitrogens with zero attached hydrogens (tertiary/aromatic N) is 5. The number of rotatable bonds is 4. The molecule has 8 heteroatoms. The van der Waals surface area contributed by atoms with Crippen molar-refractivity contribution in [2.24, 2.45) is 4.99 Å². The molecule has 0 bridgehead atoms. The SMILES string of the molecule is C=CCN1C(=O)C2C(=Nc3n(CCO)c(C)c[n+]32)N(C)C1=O. The summed E-state index contributed by atoms with van der Waals surface area (Å²) in [5, 5.41) is 9.18. The number of aromatic nitrogens is 2.